The van der Waals surface area contributed by atoms with E-state index in [9.17, 15) is 9.59 Å². The Bertz CT molecular complexity index is 686. The van der Waals surface area contributed by atoms with Crippen molar-refractivity contribution in [2.45, 2.75) is 19.4 Å². The topological polar surface area (TPSA) is 59.8 Å². The smallest absolute Gasteiger partial charge is 0.339 e. The molecule has 3 rings (SSSR count). The molecule has 0 unspecified atom stereocenters. The highest BCUT2D eigenvalue weighted by molar-refractivity contribution is 7.07. The molecule has 0 saturated carbocycles. The average molecular weight is 305 g/mol. The number of hydrogen-bond donors (Lipinski definition) is 0. The maximum absolute atomic E-state index is 12.0. The highest BCUT2D eigenvalue weighted by Crippen LogP contribution is 2.19. The minimum atomic E-state index is -0.422. The van der Waals surface area contributed by atoms with Crippen molar-refractivity contribution in [3.8, 4) is 5.75 Å². The third kappa shape index (κ3) is 3.33. The van der Waals surface area contributed by atoms with Gasteiger partial charge in [0.05, 0.1) is 25.6 Å². The zero-order valence-corrected chi connectivity index (χ0v) is 12.4. The Hall–Kier alpha value is -2.08. The fourth-order valence-corrected chi connectivity index (χ4v) is 2.90. The van der Waals surface area contributed by atoms with Gasteiger partial charge in [0.1, 0.15) is 17.6 Å². The molecule has 0 bridgehead atoms. The Morgan fingerprint density at radius 3 is 2.95 bits per heavy atom. The van der Waals surface area contributed by atoms with Gasteiger partial charge >= 0.3 is 5.63 Å². The van der Waals surface area contributed by atoms with E-state index >= 15 is 0 Å². The normalized spacial score (nSPS) is 14.8. The highest BCUT2D eigenvalue weighted by Gasteiger charge is 2.32. The van der Waals surface area contributed by atoms with E-state index in [4.69, 9.17) is 9.15 Å². The van der Waals surface area contributed by atoms with Crippen molar-refractivity contribution < 1.29 is 13.9 Å². The summed E-state index contributed by atoms with van der Waals surface area (Å²) >= 11 is 1.59. The fraction of sp³-hybridized carbons (Fsp3) is 0.333. The molecular formula is C15H15NO4S. The molecule has 0 spiro atoms. The molecule has 5 nitrogen and oxygen atoms in total. The molecule has 1 saturated heterocycles. The van der Waals surface area contributed by atoms with E-state index in [-0.39, 0.29) is 12.0 Å². The van der Waals surface area contributed by atoms with Gasteiger partial charge in [0, 0.05) is 6.07 Å². The number of rotatable bonds is 4. The summed E-state index contributed by atoms with van der Waals surface area (Å²) in [5.41, 5.74) is 0.625. The van der Waals surface area contributed by atoms with Gasteiger partial charge in [0.25, 0.3) is 0 Å². The van der Waals surface area contributed by atoms with Gasteiger partial charge in [-0.3, -0.25) is 4.79 Å². The summed E-state index contributed by atoms with van der Waals surface area (Å²) in [4.78, 5) is 25.0. The number of nitrogens with zero attached hydrogens (tertiary/aromatic N) is 1. The van der Waals surface area contributed by atoms with Crippen molar-refractivity contribution in [3.63, 3.8) is 0 Å². The van der Waals surface area contributed by atoms with Crippen LogP contribution in [0.15, 0.2) is 38.2 Å². The molecule has 3 heterocycles. The number of amides is 1. The monoisotopic (exact) mass is 305 g/mol. The lowest BCUT2D eigenvalue weighted by Crippen LogP contribution is -2.56. The summed E-state index contributed by atoms with van der Waals surface area (Å²) in [6, 6.07) is 4.96. The third-order valence-corrected chi connectivity index (χ3v) is 4.04. The molecule has 0 N–H and O–H groups in total. The first kappa shape index (κ1) is 13.9. The zero-order valence-electron chi connectivity index (χ0n) is 11.6. The zero-order chi connectivity index (χ0) is 14.8. The number of carbonyl (C=O) groups is 1. The van der Waals surface area contributed by atoms with Crippen LogP contribution in [0.5, 0.6) is 5.75 Å². The van der Waals surface area contributed by atoms with Crippen molar-refractivity contribution in [1.29, 1.82) is 0 Å². The second kappa shape index (κ2) is 5.73. The van der Waals surface area contributed by atoms with Crippen molar-refractivity contribution >= 4 is 17.2 Å². The molecule has 21 heavy (non-hydrogen) atoms. The summed E-state index contributed by atoms with van der Waals surface area (Å²) < 4.78 is 10.5. The summed E-state index contributed by atoms with van der Waals surface area (Å²) in [7, 11) is 0. The second-order valence-corrected chi connectivity index (χ2v) is 5.85. The van der Waals surface area contributed by atoms with Crippen LogP contribution in [0.2, 0.25) is 0 Å². The van der Waals surface area contributed by atoms with Gasteiger partial charge < -0.3 is 14.1 Å². The van der Waals surface area contributed by atoms with E-state index in [1.807, 2.05) is 16.8 Å². The predicted molar refractivity (Wildman–Crippen MR) is 78.7 cm³/mol. The van der Waals surface area contributed by atoms with Gasteiger partial charge in [-0.2, -0.15) is 11.3 Å². The number of thiophene rings is 1. The molecule has 1 aliphatic rings. The number of ether oxygens (including phenoxy) is 1. The van der Waals surface area contributed by atoms with Gasteiger partial charge in [-0.25, -0.2) is 4.79 Å². The van der Waals surface area contributed by atoms with Crippen LogP contribution in [0.4, 0.5) is 0 Å². The van der Waals surface area contributed by atoms with E-state index in [1.165, 1.54) is 6.07 Å². The molecule has 110 valence electrons. The first-order valence-corrected chi connectivity index (χ1v) is 7.62. The lowest BCUT2D eigenvalue weighted by atomic mass is 10.1. The molecule has 2 aromatic heterocycles. The molecule has 0 atom stereocenters. The molecule has 0 aliphatic carbocycles. The van der Waals surface area contributed by atoms with Gasteiger partial charge in [-0.05, 0) is 29.3 Å². The van der Waals surface area contributed by atoms with Crippen molar-refractivity contribution in [2.24, 2.45) is 0 Å². The SMILES string of the molecule is Cc1cc(OC2CN(C(=O)Cc3ccsc3)C2)cc(=O)o1. The highest BCUT2D eigenvalue weighted by atomic mass is 32.1. The largest absolute Gasteiger partial charge is 0.486 e. The van der Waals surface area contributed by atoms with Gasteiger partial charge in [0.15, 0.2) is 0 Å². The Labute approximate surface area is 125 Å². The van der Waals surface area contributed by atoms with Crippen molar-refractivity contribution in [1.82, 2.24) is 4.90 Å². The molecule has 2 aromatic rings. The first-order valence-electron chi connectivity index (χ1n) is 6.67. The van der Waals surface area contributed by atoms with Crippen molar-refractivity contribution in [2.75, 3.05) is 13.1 Å². The van der Waals surface area contributed by atoms with E-state index in [0.29, 0.717) is 31.0 Å². The van der Waals surface area contributed by atoms with Gasteiger partial charge in [0.2, 0.25) is 5.91 Å². The molecule has 0 aromatic carbocycles. The maximum Gasteiger partial charge on any atom is 0.339 e. The summed E-state index contributed by atoms with van der Waals surface area (Å²) in [6.45, 7) is 2.82. The van der Waals surface area contributed by atoms with Crippen LogP contribution in [0.1, 0.15) is 11.3 Å². The minimum absolute atomic E-state index is 0.0578. The lowest BCUT2D eigenvalue weighted by molar-refractivity contribution is -0.139. The molecule has 6 heteroatoms. The second-order valence-electron chi connectivity index (χ2n) is 5.07. The standard InChI is InChI=1S/C15H15NO4S/c1-10-4-12(6-15(18)19-10)20-13-7-16(8-13)14(17)5-11-2-3-21-9-11/h2-4,6,9,13H,5,7-8H2,1H3. The summed E-state index contributed by atoms with van der Waals surface area (Å²) in [5, 5.41) is 3.95. The van der Waals surface area contributed by atoms with Crippen LogP contribution in [0.3, 0.4) is 0 Å². The van der Waals surface area contributed by atoms with Crippen LogP contribution in [0, 0.1) is 6.92 Å². The van der Waals surface area contributed by atoms with Crippen LogP contribution >= 0.6 is 11.3 Å². The molecule has 1 amide bonds. The maximum atomic E-state index is 12.0. The lowest BCUT2D eigenvalue weighted by Gasteiger charge is -2.39. The Kier molecular flexibility index (Phi) is 3.79. The first-order chi connectivity index (χ1) is 10.1. The summed E-state index contributed by atoms with van der Waals surface area (Å²) in [5.74, 6) is 1.12. The van der Waals surface area contributed by atoms with Crippen molar-refractivity contribution in [3.05, 3.63) is 50.7 Å². The molecule has 0 radical (unpaired) electrons. The van der Waals surface area contributed by atoms with E-state index in [0.717, 1.165) is 5.56 Å². The number of likely N-dealkylation sites (tertiary alicyclic amines) is 1. The van der Waals surface area contributed by atoms with Gasteiger partial charge in [-0.15, -0.1) is 0 Å². The Morgan fingerprint density at radius 1 is 1.48 bits per heavy atom. The van der Waals surface area contributed by atoms with Crippen LogP contribution in [0.25, 0.3) is 0 Å². The van der Waals surface area contributed by atoms with Crippen LogP contribution in [-0.4, -0.2) is 30.0 Å². The molecule has 1 fully saturated rings. The molecular weight excluding hydrogens is 290 g/mol. The summed E-state index contributed by atoms with van der Waals surface area (Å²) in [6.07, 6.45) is 0.377. The Balaban J connectivity index is 1.51. The van der Waals surface area contributed by atoms with Crippen LogP contribution < -0.4 is 10.4 Å². The van der Waals surface area contributed by atoms with E-state index in [2.05, 4.69) is 0 Å². The predicted octanol–water partition coefficient (Wildman–Crippen LogP) is 1.84. The number of hydrogen-bond acceptors (Lipinski definition) is 5. The molecule has 1 aliphatic heterocycles. The van der Waals surface area contributed by atoms with Crippen LogP contribution in [-0.2, 0) is 11.2 Å². The third-order valence-electron chi connectivity index (χ3n) is 3.31. The van der Waals surface area contributed by atoms with Gasteiger partial charge in [-0.1, -0.05) is 0 Å². The van der Waals surface area contributed by atoms with E-state index in [1.54, 1.807) is 29.2 Å². The minimum Gasteiger partial charge on any atom is -0.486 e. The fourth-order valence-electron chi connectivity index (χ4n) is 2.23. The van der Waals surface area contributed by atoms with E-state index < -0.39 is 5.63 Å². The average Bonchev–Trinajstić information content (AvgIpc) is 2.84. The number of aryl methyl sites for hydroxylation is 1. The number of carbonyl (C=O) groups excluding carboxylic acids is 1. The quantitative estimate of drug-likeness (QED) is 0.865. The Morgan fingerprint density at radius 2 is 2.29 bits per heavy atom.